The highest BCUT2D eigenvalue weighted by atomic mass is 32.2. The van der Waals surface area contributed by atoms with Crippen LogP contribution in [0.25, 0.3) is 0 Å². The van der Waals surface area contributed by atoms with Crippen molar-refractivity contribution in [3.8, 4) is 0 Å². The lowest BCUT2D eigenvalue weighted by molar-refractivity contribution is 0.305. The minimum Gasteiger partial charge on any atom is -0.344 e. The van der Waals surface area contributed by atoms with Gasteiger partial charge in [0, 0.05) is 0 Å². The van der Waals surface area contributed by atoms with Crippen LogP contribution >= 0.6 is 0 Å². The first-order valence-electron chi connectivity index (χ1n) is 14.6. The molecule has 0 heterocycles. The summed E-state index contributed by atoms with van der Waals surface area (Å²) in [6, 6.07) is 0. The summed E-state index contributed by atoms with van der Waals surface area (Å²) in [6.45, 7) is 2.42. The summed E-state index contributed by atoms with van der Waals surface area (Å²) in [4.78, 5) is 0. The van der Waals surface area contributed by atoms with Crippen LogP contribution in [0.4, 0.5) is 4.39 Å². The van der Waals surface area contributed by atoms with Gasteiger partial charge in [-0.05, 0) is 19.3 Å². The number of hydrogen-bond donors (Lipinski definition) is 1. The average molecular weight is 510 g/mol. The molecule has 0 bridgehead atoms. The summed E-state index contributed by atoms with van der Waals surface area (Å²) >= 11 is 0. The molecule has 0 saturated carbocycles. The van der Waals surface area contributed by atoms with Crippen LogP contribution in [0.15, 0.2) is 0 Å². The molecule has 0 aliphatic heterocycles. The van der Waals surface area contributed by atoms with E-state index in [4.69, 9.17) is 4.18 Å². The first-order valence-corrected chi connectivity index (χ1v) is 16.1. The zero-order valence-corrected chi connectivity index (χ0v) is 23.6. The van der Waals surface area contributed by atoms with Crippen LogP contribution in [0.2, 0.25) is 0 Å². The lowest BCUT2D eigenvalue weighted by Gasteiger charge is -2.06. The highest BCUT2D eigenvalue weighted by molar-refractivity contribution is 7.86. The normalized spacial score (nSPS) is 11.6. The molecule has 0 amide bonds. The molecule has 0 unspecified atom stereocenters. The van der Waals surface area contributed by atoms with E-state index in [0.717, 1.165) is 44.9 Å². The Labute approximate surface area is 213 Å². The lowest BCUT2D eigenvalue weighted by Crippen LogP contribution is -2.11. The van der Waals surface area contributed by atoms with Gasteiger partial charge >= 0.3 is 0 Å². The third-order valence-electron chi connectivity index (χ3n) is 6.54. The van der Waals surface area contributed by atoms with Gasteiger partial charge in [0.2, 0.25) is 0 Å². The van der Waals surface area contributed by atoms with Crippen molar-refractivity contribution >= 4 is 10.1 Å². The first-order chi connectivity index (χ1) is 16.1. The van der Waals surface area contributed by atoms with E-state index in [1.807, 2.05) is 0 Å². The standard InChI is InChI=1S/C28H57FO3S.H3N/c1-2-3-4-5-6-7-8-9-10-11-12-15-18-21-24-27-32-33(30,31)28-25-22-19-16-13-14-17-20-23-26-29;/h2-28H2,1H3;1H3. The molecule has 0 rings (SSSR count). The van der Waals surface area contributed by atoms with Crippen molar-refractivity contribution in [3.05, 3.63) is 0 Å². The van der Waals surface area contributed by atoms with E-state index < -0.39 is 10.1 Å². The van der Waals surface area contributed by atoms with Crippen LogP contribution in [0.3, 0.4) is 0 Å². The molecule has 0 radical (unpaired) electrons. The largest absolute Gasteiger partial charge is 0.344 e. The summed E-state index contributed by atoms with van der Waals surface area (Å²) in [5, 5.41) is 0. The summed E-state index contributed by atoms with van der Waals surface area (Å²) in [6.07, 6.45) is 28.6. The van der Waals surface area contributed by atoms with Gasteiger partial charge in [0.1, 0.15) is 0 Å². The molecule has 34 heavy (non-hydrogen) atoms. The Morgan fingerprint density at radius 2 is 0.824 bits per heavy atom. The Bertz CT molecular complexity index is 474. The van der Waals surface area contributed by atoms with E-state index >= 15 is 0 Å². The zero-order valence-electron chi connectivity index (χ0n) is 22.8. The Balaban J connectivity index is 0. The van der Waals surface area contributed by atoms with Crippen LogP contribution < -0.4 is 6.15 Å². The van der Waals surface area contributed by atoms with E-state index in [-0.39, 0.29) is 18.6 Å². The molecule has 208 valence electrons. The van der Waals surface area contributed by atoms with Crippen molar-refractivity contribution in [1.29, 1.82) is 0 Å². The van der Waals surface area contributed by atoms with Crippen LogP contribution in [0.5, 0.6) is 0 Å². The molecule has 0 aromatic rings. The molecule has 0 spiro atoms. The summed E-state index contributed by atoms with van der Waals surface area (Å²) in [7, 11) is -3.34. The monoisotopic (exact) mass is 509 g/mol. The highest BCUT2D eigenvalue weighted by Gasteiger charge is 2.10. The second kappa shape index (κ2) is 29.0. The Morgan fingerprint density at radius 1 is 0.500 bits per heavy atom. The Hall–Kier alpha value is -0.200. The number of hydrogen-bond acceptors (Lipinski definition) is 4. The number of unbranched alkanes of at least 4 members (excludes halogenated alkanes) is 22. The van der Waals surface area contributed by atoms with Gasteiger partial charge in [-0.25, -0.2) is 0 Å². The van der Waals surface area contributed by atoms with Crippen molar-refractivity contribution in [2.45, 2.75) is 161 Å². The van der Waals surface area contributed by atoms with Crippen molar-refractivity contribution in [3.63, 3.8) is 0 Å². The van der Waals surface area contributed by atoms with E-state index in [0.29, 0.717) is 19.4 Å². The summed E-state index contributed by atoms with van der Waals surface area (Å²) in [5.41, 5.74) is 0. The van der Waals surface area contributed by atoms with E-state index in [1.54, 1.807) is 0 Å². The molecule has 0 aliphatic rings. The van der Waals surface area contributed by atoms with Crippen LogP contribution in [-0.4, -0.2) is 27.5 Å². The fourth-order valence-electron chi connectivity index (χ4n) is 4.33. The van der Waals surface area contributed by atoms with Gasteiger partial charge in [-0.1, -0.05) is 142 Å². The molecule has 4 nitrogen and oxygen atoms in total. The number of alkyl halides is 1. The van der Waals surface area contributed by atoms with Gasteiger partial charge in [0.25, 0.3) is 10.1 Å². The summed E-state index contributed by atoms with van der Waals surface area (Å²) < 4.78 is 41.1. The molecular weight excluding hydrogens is 449 g/mol. The molecule has 0 saturated heterocycles. The maximum Gasteiger partial charge on any atom is 0.267 e. The topological polar surface area (TPSA) is 78.4 Å². The minimum absolute atomic E-state index is 0. The van der Waals surface area contributed by atoms with E-state index in [1.165, 1.54) is 96.3 Å². The molecule has 0 fully saturated rings. The smallest absolute Gasteiger partial charge is 0.267 e. The molecule has 0 atom stereocenters. The van der Waals surface area contributed by atoms with Gasteiger partial charge in [0.15, 0.2) is 0 Å². The molecule has 0 aromatic carbocycles. The number of halogens is 1. The third-order valence-corrected chi connectivity index (χ3v) is 7.85. The maximum atomic E-state index is 12.0. The Morgan fingerprint density at radius 3 is 1.21 bits per heavy atom. The van der Waals surface area contributed by atoms with Crippen LogP contribution in [-0.2, 0) is 14.3 Å². The zero-order chi connectivity index (χ0) is 24.3. The quantitative estimate of drug-likeness (QED) is 0.0840. The first kappa shape index (κ1) is 36.0. The van der Waals surface area contributed by atoms with Gasteiger partial charge in [-0.3, -0.25) is 8.57 Å². The van der Waals surface area contributed by atoms with Crippen molar-refractivity contribution in [1.82, 2.24) is 6.15 Å². The second-order valence-electron chi connectivity index (χ2n) is 9.90. The van der Waals surface area contributed by atoms with Gasteiger partial charge in [-0.2, -0.15) is 8.42 Å². The molecular formula is C28H60FNO3S. The summed E-state index contributed by atoms with van der Waals surface area (Å²) in [5.74, 6) is 0.155. The molecule has 0 aromatic heterocycles. The number of rotatable bonds is 28. The predicted molar refractivity (Wildman–Crippen MR) is 147 cm³/mol. The van der Waals surface area contributed by atoms with Crippen LogP contribution in [0, 0.1) is 0 Å². The van der Waals surface area contributed by atoms with Crippen molar-refractivity contribution < 1.29 is 17.0 Å². The van der Waals surface area contributed by atoms with E-state index in [2.05, 4.69) is 6.92 Å². The van der Waals surface area contributed by atoms with Crippen molar-refractivity contribution in [2.75, 3.05) is 19.0 Å². The predicted octanol–water partition coefficient (Wildman–Crippen LogP) is 9.85. The maximum absolute atomic E-state index is 12.0. The van der Waals surface area contributed by atoms with Gasteiger partial charge in [0.05, 0.1) is 19.0 Å². The fourth-order valence-corrected chi connectivity index (χ4v) is 5.38. The third kappa shape index (κ3) is 29.8. The minimum atomic E-state index is -3.34. The molecule has 3 N–H and O–H groups in total. The average Bonchev–Trinajstić information content (AvgIpc) is 2.80. The van der Waals surface area contributed by atoms with Crippen LogP contribution in [0.1, 0.15) is 161 Å². The fraction of sp³-hybridized carbons (Fsp3) is 1.00. The van der Waals surface area contributed by atoms with E-state index in [9.17, 15) is 12.8 Å². The van der Waals surface area contributed by atoms with Gasteiger partial charge < -0.3 is 6.15 Å². The van der Waals surface area contributed by atoms with Gasteiger partial charge in [-0.15, -0.1) is 0 Å². The Kier molecular flexibility index (Phi) is 30.7. The molecule has 0 aliphatic carbocycles. The SMILES string of the molecule is CCCCCCCCCCCCCCCCCOS(=O)(=O)CCCCCCCCCCCF.N. The van der Waals surface area contributed by atoms with Crippen molar-refractivity contribution in [2.24, 2.45) is 0 Å². The second-order valence-corrected chi connectivity index (χ2v) is 11.7. The molecule has 6 heteroatoms. The lowest BCUT2D eigenvalue weighted by atomic mass is 10.0. The highest BCUT2D eigenvalue weighted by Crippen LogP contribution is 2.14.